The number of hydroxylamine groups is 1. The number of thiazole rings is 1. The predicted molar refractivity (Wildman–Crippen MR) is 101 cm³/mol. The molecule has 1 amide bonds. The molecule has 0 atom stereocenters. The van der Waals surface area contributed by atoms with Crippen LogP contribution < -0.4 is 15.5 Å². The number of aromatic nitrogens is 1. The van der Waals surface area contributed by atoms with Gasteiger partial charge in [0, 0.05) is 6.07 Å². The summed E-state index contributed by atoms with van der Waals surface area (Å²) in [6, 6.07) is 4.37. The van der Waals surface area contributed by atoms with Crippen LogP contribution in [0.15, 0.2) is 29.8 Å². The van der Waals surface area contributed by atoms with Gasteiger partial charge in [-0.2, -0.15) is 0 Å². The van der Waals surface area contributed by atoms with Crippen LogP contribution in [0.1, 0.15) is 10.4 Å². The second-order valence-electron chi connectivity index (χ2n) is 5.63. The zero-order valence-electron chi connectivity index (χ0n) is 14.7. The molecule has 0 aliphatic carbocycles. The molecule has 0 aliphatic rings. The zero-order valence-corrected chi connectivity index (χ0v) is 16.3. The molecule has 0 radical (unpaired) electrons. The second kappa shape index (κ2) is 9.00. The molecule has 3 N–H and O–H groups in total. The first-order valence-electron chi connectivity index (χ1n) is 8.10. The zero-order chi connectivity index (χ0) is 21.9. The largest absolute Gasteiger partial charge is 0.573 e. The number of rotatable bonds is 7. The van der Waals surface area contributed by atoms with Crippen molar-refractivity contribution in [2.24, 2.45) is 0 Å². The summed E-state index contributed by atoms with van der Waals surface area (Å²) in [4.78, 5) is 21.1. The summed E-state index contributed by atoms with van der Waals surface area (Å²) in [6.07, 6.45) is -4.90. The number of benzene rings is 2. The smallest absolute Gasteiger partial charge is 0.406 e. The van der Waals surface area contributed by atoms with Gasteiger partial charge in [-0.1, -0.05) is 11.6 Å². The summed E-state index contributed by atoms with van der Waals surface area (Å²) in [5.74, 6) is -2.26. The lowest BCUT2D eigenvalue weighted by atomic mass is 10.1. The molecule has 2 aromatic carbocycles. The molecule has 0 aliphatic heterocycles. The first kappa shape index (κ1) is 22.0. The van der Waals surface area contributed by atoms with Crippen LogP contribution in [-0.2, 0) is 4.84 Å². The highest BCUT2D eigenvalue weighted by Crippen LogP contribution is 2.36. The van der Waals surface area contributed by atoms with E-state index in [0.29, 0.717) is 4.70 Å². The summed E-state index contributed by atoms with van der Waals surface area (Å²) in [7, 11) is 0. The average Bonchev–Trinajstić information content (AvgIpc) is 3.13. The van der Waals surface area contributed by atoms with E-state index in [-0.39, 0.29) is 40.7 Å². The normalized spacial score (nSPS) is 11.5. The standard InChI is InChI=1S/C17H12ClF4N3O4S/c18-10-5-8(29-17(20,21)22)1-2-11(10)24-14-9(16(27)25-28-4-3-26)6-12-15(13(14)19)23-7-30-12/h1-2,5-7,24,26H,3-4H2,(H,25,27). The Kier molecular flexibility index (Phi) is 6.61. The first-order chi connectivity index (χ1) is 14.2. The summed E-state index contributed by atoms with van der Waals surface area (Å²) in [6.45, 7) is -0.540. The van der Waals surface area contributed by atoms with E-state index >= 15 is 4.39 Å². The van der Waals surface area contributed by atoms with Crippen molar-refractivity contribution in [1.29, 1.82) is 0 Å². The van der Waals surface area contributed by atoms with Crippen molar-refractivity contribution in [2.75, 3.05) is 18.5 Å². The van der Waals surface area contributed by atoms with E-state index in [2.05, 4.69) is 20.5 Å². The van der Waals surface area contributed by atoms with E-state index in [1.165, 1.54) is 11.6 Å². The lowest BCUT2D eigenvalue weighted by Gasteiger charge is -2.16. The van der Waals surface area contributed by atoms with Gasteiger partial charge in [-0.25, -0.2) is 14.9 Å². The number of nitrogens with one attached hydrogen (secondary N) is 2. The molecule has 30 heavy (non-hydrogen) atoms. The van der Waals surface area contributed by atoms with Crippen LogP contribution in [0.2, 0.25) is 5.02 Å². The van der Waals surface area contributed by atoms with Gasteiger partial charge in [0.25, 0.3) is 5.91 Å². The highest BCUT2D eigenvalue weighted by molar-refractivity contribution is 7.16. The van der Waals surface area contributed by atoms with Crippen LogP contribution in [0.4, 0.5) is 28.9 Å². The fourth-order valence-electron chi connectivity index (χ4n) is 2.41. The highest BCUT2D eigenvalue weighted by Gasteiger charge is 2.31. The van der Waals surface area contributed by atoms with E-state index in [9.17, 15) is 18.0 Å². The summed E-state index contributed by atoms with van der Waals surface area (Å²) >= 11 is 7.09. The Morgan fingerprint density at radius 1 is 1.30 bits per heavy atom. The summed E-state index contributed by atoms with van der Waals surface area (Å²) in [5.41, 5.74) is 2.97. The van der Waals surface area contributed by atoms with Crippen LogP contribution in [0.25, 0.3) is 10.2 Å². The van der Waals surface area contributed by atoms with Crippen molar-refractivity contribution in [3.8, 4) is 5.75 Å². The number of alkyl halides is 3. The van der Waals surface area contributed by atoms with Gasteiger partial charge in [0.1, 0.15) is 11.3 Å². The average molecular weight is 466 g/mol. The molecule has 0 saturated heterocycles. The van der Waals surface area contributed by atoms with Crippen LogP contribution in [0.5, 0.6) is 5.75 Å². The molecular formula is C17H12ClF4N3O4S. The maximum absolute atomic E-state index is 15.0. The van der Waals surface area contributed by atoms with Gasteiger partial charge in [-0.05, 0) is 18.2 Å². The van der Waals surface area contributed by atoms with E-state index in [1.54, 1.807) is 0 Å². The third-order valence-electron chi connectivity index (χ3n) is 3.60. The number of hydrogen-bond acceptors (Lipinski definition) is 7. The number of hydrogen-bond donors (Lipinski definition) is 3. The van der Waals surface area contributed by atoms with E-state index in [1.807, 2.05) is 0 Å². The molecule has 13 heteroatoms. The number of carbonyl (C=O) groups is 1. The Balaban J connectivity index is 1.97. The Morgan fingerprint density at radius 3 is 2.73 bits per heavy atom. The molecule has 0 saturated carbocycles. The molecule has 0 unspecified atom stereocenters. The maximum Gasteiger partial charge on any atom is 0.573 e. The lowest BCUT2D eigenvalue weighted by molar-refractivity contribution is -0.274. The molecule has 7 nitrogen and oxygen atoms in total. The van der Waals surface area contributed by atoms with Gasteiger partial charge in [-0.15, -0.1) is 24.5 Å². The Morgan fingerprint density at radius 2 is 2.07 bits per heavy atom. The number of ether oxygens (including phenoxy) is 1. The van der Waals surface area contributed by atoms with Crippen molar-refractivity contribution in [3.63, 3.8) is 0 Å². The second-order valence-corrected chi connectivity index (χ2v) is 6.92. The minimum Gasteiger partial charge on any atom is -0.406 e. The molecule has 1 aromatic heterocycles. The third-order valence-corrected chi connectivity index (χ3v) is 4.69. The highest BCUT2D eigenvalue weighted by atomic mass is 35.5. The van der Waals surface area contributed by atoms with Crippen LogP contribution in [-0.4, -0.2) is 35.6 Å². The molecule has 0 bridgehead atoms. The Hall–Kier alpha value is -2.67. The maximum atomic E-state index is 15.0. The SMILES string of the molecule is O=C(NOCCO)c1cc2scnc2c(F)c1Nc1ccc(OC(F)(F)F)cc1Cl. The van der Waals surface area contributed by atoms with Crippen molar-refractivity contribution < 1.29 is 37.0 Å². The van der Waals surface area contributed by atoms with Gasteiger partial charge in [-0.3, -0.25) is 9.63 Å². The molecule has 3 aromatic rings. The van der Waals surface area contributed by atoms with E-state index in [0.717, 1.165) is 29.5 Å². The number of fused-ring (bicyclic) bond motifs is 1. The Bertz CT molecular complexity index is 1080. The fourth-order valence-corrected chi connectivity index (χ4v) is 3.34. The van der Waals surface area contributed by atoms with Crippen molar-refractivity contribution in [3.05, 3.63) is 46.2 Å². The predicted octanol–water partition coefficient (Wildman–Crippen LogP) is 4.38. The summed E-state index contributed by atoms with van der Waals surface area (Å²) in [5, 5.41) is 11.1. The molecule has 1 heterocycles. The quantitative estimate of drug-likeness (QED) is 0.272. The van der Waals surface area contributed by atoms with Crippen LogP contribution >= 0.6 is 22.9 Å². The number of anilines is 2. The molecule has 160 valence electrons. The van der Waals surface area contributed by atoms with Crippen molar-refractivity contribution in [1.82, 2.24) is 10.5 Å². The molecular weight excluding hydrogens is 454 g/mol. The minimum atomic E-state index is -4.90. The number of amides is 1. The van der Waals surface area contributed by atoms with Crippen molar-refractivity contribution >= 4 is 50.4 Å². The number of halogens is 5. The molecule has 0 spiro atoms. The topological polar surface area (TPSA) is 92.7 Å². The number of nitrogens with zero attached hydrogens (tertiary/aromatic N) is 1. The van der Waals surface area contributed by atoms with Crippen molar-refractivity contribution in [2.45, 2.75) is 6.36 Å². The summed E-state index contributed by atoms with van der Waals surface area (Å²) < 4.78 is 56.3. The van der Waals surface area contributed by atoms with Gasteiger partial charge in [0.15, 0.2) is 5.82 Å². The fraction of sp³-hybridized carbons (Fsp3) is 0.176. The van der Waals surface area contributed by atoms with Gasteiger partial charge >= 0.3 is 6.36 Å². The van der Waals surface area contributed by atoms with Gasteiger partial charge in [0.2, 0.25) is 0 Å². The van der Waals surface area contributed by atoms with E-state index in [4.69, 9.17) is 21.5 Å². The van der Waals surface area contributed by atoms with Gasteiger partial charge in [0.05, 0.1) is 45.4 Å². The Labute approximate surface area is 175 Å². The molecule has 0 fully saturated rings. The third kappa shape index (κ3) is 5.08. The number of aliphatic hydroxyl groups is 1. The first-order valence-corrected chi connectivity index (χ1v) is 9.36. The van der Waals surface area contributed by atoms with Crippen LogP contribution in [0, 0.1) is 5.82 Å². The number of carbonyl (C=O) groups excluding carboxylic acids is 1. The lowest BCUT2D eigenvalue weighted by Crippen LogP contribution is -2.26. The number of aliphatic hydroxyl groups excluding tert-OH is 1. The molecule has 3 rings (SSSR count). The van der Waals surface area contributed by atoms with Crippen LogP contribution in [0.3, 0.4) is 0 Å². The monoisotopic (exact) mass is 465 g/mol. The van der Waals surface area contributed by atoms with Gasteiger partial charge < -0.3 is 15.2 Å². The minimum absolute atomic E-state index is 0.0107. The van der Waals surface area contributed by atoms with E-state index < -0.39 is 23.8 Å².